The lowest BCUT2D eigenvalue weighted by Crippen LogP contribution is -2.62. The van der Waals surface area contributed by atoms with Gasteiger partial charge in [0.2, 0.25) is 0 Å². The number of ether oxygens (including phenoxy) is 4. The Morgan fingerprint density at radius 2 is 1.45 bits per heavy atom. The van der Waals surface area contributed by atoms with E-state index >= 15 is 0 Å². The first-order valence-electron chi connectivity index (χ1n) is 9.90. The van der Waals surface area contributed by atoms with E-state index in [0.717, 1.165) is 11.1 Å². The van der Waals surface area contributed by atoms with Gasteiger partial charge in [-0.05, 0) is 18.1 Å². The fourth-order valence-corrected chi connectivity index (χ4v) is 3.42. The van der Waals surface area contributed by atoms with Crippen molar-refractivity contribution >= 4 is 5.97 Å². The monoisotopic (exact) mass is 399 g/mol. The molecule has 0 bridgehead atoms. The first-order chi connectivity index (χ1) is 14.0. The van der Waals surface area contributed by atoms with Crippen LogP contribution in [0.4, 0.5) is 0 Å². The summed E-state index contributed by atoms with van der Waals surface area (Å²) in [6, 6.07) is 19.4. The van der Waals surface area contributed by atoms with E-state index in [9.17, 15) is 4.79 Å². The van der Waals surface area contributed by atoms with Gasteiger partial charge in [0.05, 0.1) is 25.4 Å². The van der Waals surface area contributed by atoms with E-state index < -0.39 is 18.3 Å². The van der Waals surface area contributed by atoms with Crippen molar-refractivity contribution < 1.29 is 23.7 Å². The van der Waals surface area contributed by atoms with E-state index in [1.165, 1.54) is 6.92 Å². The van der Waals surface area contributed by atoms with Crippen LogP contribution in [0.25, 0.3) is 0 Å². The number of hydrogen-bond acceptors (Lipinski definition) is 6. The summed E-state index contributed by atoms with van der Waals surface area (Å²) in [6.45, 7) is 4.17. The van der Waals surface area contributed by atoms with Crippen molar-refractivity contribution in [2.24, 2.45) is 5.73 Å². The number of hydrogen-bond donors (Lipinski definition) is 1. The van der Waals surface area contributed by atoms with Gasteiger partial charge in [-0.1, -0.05) is 60.7 Å². The van der Waals surface area contributed by atoms with Gasteiger partial charge in [-0.2, -0.15) is 0 Å². The molecule has 1 aliphatic heterocycles. The van der Waals surface area contributed by atoms with Crippen molar-refractivity contribution in [3.63, 3.8) is 0 Å². The Hall–Kier alpha value is -2.25. The molecule has 0 aliphatic carbocycles. The van der Waals surface area contributed by atoms with Crippen LogP contribution in [0.1, 0.15) is 25.0 Å². The van der Waals surface area contributed by atoms with Gasteiger partial charge < -0.3 is 24.7 Å². The second kappa shape index (κ2) is 10.5. The largest absolute Gasteiger partial charge is 0.463 e. The second-order valence-corrected chi connectivity index (χ2v) is 7.28. The molecule has 0 aromatic heterocycles. The molecule has 0 amide bonds. The molecule has 2 aromatic rings. The molecule has 0 spiro atoms. The maximum absolute atomic E-state index is 11.3. The predicted molar refractivity (Wildman–Crippen MR) is 109 cm³/mol. The van der Waals surface area contributed by atoms with Crippen LogP contribution in [0, 0.1) is 0 Å². The summed E-state index contributed by atoms with van der Waals surface area (Å²) in [4.78, 5) is 11.3. The fourth-order valence-electron chi connectivity index (χ4n) is 3.42. The Kier molecular flexibility index (Phi) is 7.77. The third kappa shape index (κ3) is 6.11. The highest BCUT2D eigenvalue weighted by atomic mass is 16.6. The molecular weight excluding hydrogens is 370 g/mol. The third-order valence-electron chi connectivity index (χ3n) is 5.02. The average molecular weight is 399 g/mol. The minimum atomic E-state index is -0.468. The maximum atomic E-state index is 11.3. The van der Waals surface area contributed by atoms with Crippen molar-refractivity contribution in [3.05, 3.63) is 71.8 Å². The quantitative estimate of drug-likeness (QED) is 0.688. The van der Waals surface area contributed by atoms with Crippen molar-refractivity contribution in [3.8, 4) is 0 Å². The van der Waals surface area contributed by atoms with Gasteiger partial charge in [0, 0.05) is 6.92 Å². The third-order valence-corrected chi connectivity index (χ3v) is 5.02. The van der Waals surface area contributed by atoms with Crippen LogP contribution < -0.4 is 5.73 Å². The van der Waals surface area contributed by atoms with Gasteiger partial charge >= 0.3 is 5.97 Å². The van der Waals surface area contributed by atoms with E-state index in [1.54, 1.807) is 0 Å². The zero-order chi connectivity index (χ0) is 20.6. The molecule has 1 fully saturated rings. The predicted octanol–water partition coefficient (Wildman–Crippen LogP) is 2.83. The highest BCUT2D eigenvalue weighted by Crippen LogP contribution is 2.27. The Labute approximate surface area is 171 Å². The minimum Gasteiger partial charge on any atom is -0.463 e. The topological polar surface area (TPSA) is 80.0 Å². The number of esters is 1. The van der Waals surface area contributed by atoms with Crippen LogP contribution >= 0.6 is 0 Å². The Balaban J connectivity index is 1.75. The molecule has 1 saturated heterocycles. The SMILES string of the molecule is CC(=O)OCC1O[C@H](C)C(N)C(OCc2ccccc2)[C@@H]1OCc1ccccc1. The average Bonchev–Trinajstić information content (AvgIpc) is 2.74. The van der Waals surface area contributed by atoms with Gasteiger partial charge in [-0.3, -0.25) is 4.79 Å². The molecule has 2 aromatic carbocycles. The standard InChI is InChI=1S/C23H29NO5/c1-16-21(24)23(28-14-19-11-7-4-8-12-19)22(20(29-16)15-26-17(2)25)27-13-18-9-5-3-6-10-18/h3-12,16,20-23H,13-15,24H2,1-2H3/t16-,20?,21?,22-,23?/m1/s1. The lowest BCUT2D eigenvalue weighted by molar-refractivity contribution is -0.223. The van der Waals surface area contributed by atoms with Gasteiger partial charge in [0.15, 0.2) is 0 Å². The number of rotatable bonds is 8. The van der Waals surface area contributed by atoms with Crippen LogP contribution in [0.15, 0.2) is 60.7 Å². The lowest BCUT2D eigenvalue weighted by atomic mass is 9.93. The number of carbonyl (C=O) groups excluding carboxylic acids is 1. The van der Waals surface area contributed by atoms with Crippen LogP contribution in [0.3, 0.4) is 0 Å². The molecule has 0 radical (unpaired) electrons. The van der Waals surface area contributed by atoms with E-state index in [1.807, 2.05) is 67.6 Å². The molecule has 29 heavy (non-hydrogen) atoms. The van der Waals surface area contributed by atoms with Gasteiger partial charge in [-0.25, -0.2) is 0 Å². The Morgan fingerprint density at radius 1 is 0.931 bits per heavy atom. The van der Waals surface area contributed by atoms with Crippen molar-refractivity contribution in [1.29, 1.82) is 0 Å². The zero-order valence-electron chi connectivity index (χ0n) is 16.9. The minimum absolute atomic E-state index is 0.0943. The molecule has 6 nitrogen and oxygen atoms in total. The molecular formula is C23H29NO5. The molecule has 156 valence electrons. The van der Waals surface area contributed by atoms with Crippen molar-refractivity contribution in [2.45, 2.75) is 57.5 Å². The smallest absolute Gasteiger partial charge is 0.302 e. The number of carbonyl (C=O) groups is 1. The van der Waals surface area contributed by atoms with Crippen LogP contribution in [-0.2, 0) is 37.0 Å². The Bertz CT molecular complexity index is 754. The van der Waals surface area contributed by atoms with E-state index in [0.29, 0.717) is 13.2 Å². The summed E-state index contributed by atoms with van der Waals surface area (Å²) >= 11 is 0. The van der Waals surface area contributed by atoms with Gasteiger partial charge in [0.1, 0.15) is 24.9 Å². The molecule has 3 rings (SSSR count). The first kappa shape index (κ1) is 21.5. The van der Waals surface area contributed by atoms with Crippen molar-refractivity contribution in [1.82, 2.24) is 0 Å². The molecule has 5 atom stereocenters. The molecule has 2 N–H and O–H groups in total. The summed E-state index contributed by atoms with van der Waals surface area (Å²) < 4.78 is 23.7. The van der Waals surface area contributed by atoms with Crippen LogP contribution in [-0.4, -0.2) is 43.0 Å². The van der Waals surface area contributed by atoms with Gasteiger partial charge in [-0.15, -0.1) is 0 Å². The summed E-state index contributed by atoms with van der Waals surface area (Å²) in [5.74, 6) is -0.361. The van der Waals surface area contributed by atoms with Crippen LogP contribution in [0.5, 0.6) is 0 Å². The fraction of sp³-hybridized carbons (Fsp3) is 0.435. The van der Waals surface area contributed by atoms with Crippen molar-refractivity contribution in [2.75, 3.05) is 6.61 Å². The molecule has 3 unspecified atom stereocenters. The molecule has 0 saturated carbocycles. The number of benzene rings is 2. The highest BCUT2D eigenvalue weighted by Gasteiger charge is 2.44. The first-order valence-corrected chi connectivity index (χ1v) is 9.90. The number of nitrogens with two attached hydrogens (primary N) is 1. The molecule has 6 heteroatoms. The summed E-state index contributed by atoms with van der Waals surface area (Å²) in [7, 11) is 0. The normalized spacial score (nSPS) is 26.8. The molecule has 1 heterocycles. The van der Waals surface area contributed by atoms with E-state index in [-0.39, 0.29) is 24.7 Å². The molecule has 1 aliphatic rings. The van der Waals surface area contributed by atoms with Gasteiger partial charge in [0.25, 0.3) is 0 Å². The van der Waals surface area contributed by atoms with E-state index in [4.69, 9.17) is 24.7 Å². The summed E-state index contributed by atoms with van der Waals surface area (Å²) in [5.41, 5.74) is 8.51. The van der Waals surface area contributed by atoms with Crippen LogP contribution in [0.2, 0.25) is 0 Å². The van der Waals surface area contributed by atoms with E-state index in [2.05, 4.69) is 0 Å². The lowest BCUT2D eigenvalue weighted by Gasteiger charge is -2.44. The zero-order valence-corrected chi connectivity index (χ0v) is 16.9. The Morgan fingerprint density at radius 3 is 1.97 bits per heavy atom. The highest BCUT2D eigenvalue weighted by molar-refractivity contribution is 5.65. The maximum Gasteiger partial charge on any atom is 0.302 e. The summed E-state index contributed by atoms with van der Waals surface area (Å²) in [6.07, 6.45) is -1.58. The second-order valence-electron chi connectivity index (χ2n) is 7.28. The summed E-state index contributed by atoms with van der Waals surface area (Å²) in [5, 5.41) is 0.